The number of hydrogen-bond donors (Lipinski definition) is 1. The minimum atomic E-state index is -0.483. The lowest BCUT2D eigenvalue weighted by atomic mass is 10.2. The lowest BCUT2D eigenvalue weighted by Gasteiger charge is -2.27. The molecule has 9 heteroatoms. The van der Waals surface area contributed by atoms with E-state index in [1.54, 1.807) is 25.3 Å². The van der Waals surface area contributed by atoms with Gasteiger partial charge < -0.3 is 30.1 Å². The van der Waals surface area contributed by atoms with E-state index in [1.807, 2.05) is 60.5 Å². The summed E-state index contributed by atoms with van der Waals surface area (Å²) in [7, 11) is 1.86. The molecule has 0 radical (unpaired) electrons. The summed E-state index contributed by atoms with van der Waals surface area (Å²) in [6.45, 7) is 7.64. The van der Waals surface area contributed by atoms with Crippen LogP contribution < -0.4 is 25.3 Å². The fourth-order valence-electron chi connectivity index (χ4n) is 4.25. The highest BCUT2D eigenvalue weighted by Crippen LogP contribution is 2.35. The van der Waals surface area contributed by atoms with Crippen LogP contribution in [-0.4, -0.2) is 50.7 Å². The van der Waals surface area contributed by atoms with Crippen LogP contribution in [0.3, 0.4) is 0 Å². The highest BCUT2D eigenvalue weighted by Gasteiger charge is 2.26. The maximum Gasteiger partial charge on any atom is 0.326 e. The summed E-state index contributed by atoms with van der Waals surface area (Å²) in [5.74, 6) is 0.920. The smallest absolute Gasteiger partial charge is 0.326 e. The number of nitrogens with zero attached hydrogens (tertiary/aromatic N) is 5. The van der Waals surface area contributed by atoms with Gasteiger partial charge in [-0.15, -0.1) is 0 Å². The van der Waals surface area contributed by atoms with Crippen molar-refractivity contribution in [2.24, 2.45) is 0 Å². The molecule has 2 heterocycles. The maximum atomic E-state index is 12.0. The number of amides is 1. The minimum absolute atomic E-state index is 0.192. The maximum absolute atomic E-state index is 12.0. The Bertz CT molecular complexity index is 1250. The van der Waals surface area contributed by atoms with Crippen molar-refractivity contribution in [3.8, 4) is 0 Å². The fraction of sp³-hybridized carbons (Fsp3) is 0.222. The number of carbonyl (C=O) groups excluding carboxylic acids is 2. The second-order valence-electron chi connectivity index (χ2n) is 8.24. The van der Waals surface area contributed by atoms with Gasteiger partial charge in [0.25, 0.3) is 0 Å². The molecule has 0 aliphatic carbocycles. The van der Waals surface area contributed by atoms with Crippen LogP contribution in [0.2, 0.25) is 0 Å². The number of nitrogens with two attached hydrogens (primary N) is 1. The lowest BCUT2D eigenvalue weighted by molar-refractivity contribution is -0.141. The van der Waals surface area contributed by atoms with E-state index in [0.717, 1.165) is 41.7 Å². The summed E-state index contributed by atoms with van der Waals surface area (Å²) in [6, 6.07) is 19.3. The van der Waals surface area contributed by atoms with Crippen LogP contribution in [0.4, 0.5) is 34.3 Å². The van der Waals surface area contributed by atoms with Crippen molar-refractivity contribution in [2.45, 2.75) is 6.92 Å². The molecular formula is C27H30N6O3. The van der Waals surface area contributed by atoms with Crippen molar-refractivity contribution in [3.63, 3.8) is 0 Å². The molecule has 1 fully saturated rings. The second-order valence-corrected chi connectivity index (χ2v) is 8.24. The molecular weight excluding hydrogens is 456 g/mol. The van der Waals surface area contributed by atoms with E-state index in [1.165, 1.54) is 4.90 Å². The summed E-state index contributed by atoms with van der Waals surface area (Å²) in [6.07, 6.45) is 2.26. The van der Waals surface area contributed by atoms with Crippen LogP contribution in [0.15, 0.2) is 79.3 Å². The molecule has 0 unspecified atom stereocenters. The van der Waals surface area contributed by atoms with Crippen molar-refractivity contribution < 1.29 is 14.3 Å². The van der Waals surface area contributed by atoms with Crippen LogP contribution >= 0.6 is 0 Å². The van der Waals surface area contributed by atoms with E-state index in [2.05, 4.69) is 21.4 Å². The van der Waals surface area contributed by atoms with Crippen molar-refractivity contribution >= 4 is 46.6 Å². The van der Waals surface area contributed by atoms with E-state index in [0.29, 0.717) is 17.9 Å². The number of para-hydroxylation sites is 2. The molecule has 36 heavy (non-hydrogen) atoms. The summed E-state index contributed by atoms with van der Waals surface area (Å²) >= 11 is 0. The molecule has 4 rings (SSSR count). The Hall–Kier alpha value is -4.53. The van der Waals surface area contributed by atoms with Crippen LogP contribution in [0, 0.1) is 0 Å². The molecule has 1 saturated heterocycles. The number of ether oxygens (including phenoxy) is 1. The number of rotatable bonds is 9. The summed E-state index contributed by atoms with van der Waals surface area (Å²) < 4.78 is 5.00. The number of esters is 1. The number of nitrogen functional groups attached to an aromatic ring is 1. The fourth-order valence-corrected chi connectivity index (χ4v) is 4.25. The molecule has 1 aliphatic rings. The summed E-state index contributed by atoms with van der Waals surface area (Å²) in [5.41, 5.74) is 10.2. The van der Waals surface area contributed by atoms with E-state index < -0.39 is 5.97 Å². The molecule has 1 aliphatic heterocycles. The van der Waals surface area contributed by atoms with E-state index in [9.17, 15) is 9.59 Å². The zero-order chi connectivity index (χ0) is 25.7. The Morgan fingerprint density at radius 3 is 2.53 bits per heavy atom. The topological polar surface area (TPSA) is 95.2 Å². The SMILES string of the molecule is C=C1N(c2ccc(N(C)c3ncccc3N(C=O)CC(=O)OCC)cc2)CCN1c1ccccc1N. The quantitative estimate of drug-likeness (QED) is 0.278. The van der Waals surface area contributed by atoms with Gasteiger partial charge in [0.05, 0.1) is 23.7 Å². The largest absolute Gasteiger partial charge is 0.465 e. The standard InChI is InChI=1S/C27H30N6O3/c1-4-36-26(35)18-31(19-34)25-10-7-15-29-27(25)30(3)21-11-13-22(14-12-21)32-16-17-33(20(32)2)24-9-6-5-8-23(24)28/h5-15,19H,2,4,16-18,28H2,1,3H3. The van der Waals surface area contributed by atoms with Gasteiger partial charge in [0.1, 0.15) is 12.4 Å². The first kappa shape index (κ1) is 24.6. The van der Waals surface area contributed by atoms with Crippen molar-refractivity contribution in [3.05, 3.63) is 79.3 Å². The first-order chi connectivity index (χ1) is 17.4. The molecule has 2 aromatic carbocycles. The Balaban J connectivity index is 1.53. The zero-order valence-electron chi connectivity index (χ0n) is 20.5. The first-order valence-corrected chi connectivity index (χ1v) is 11.7. The normalized spacial score (nSPS) is 13.0. The molecule has 1 amide bonds. The van der Waals surface area contributed by atoms with Gasteiger partial charge in [-0.05, 0) is 55.5 Å². The Labute approximate surface area is 211 Å². The van der Waals surface area contributed by atoms with E-state index in [-0.39, 0.29) is 13.2 Å². The van der Waals surface area contributed by atoms with Gasteiger partial charge in [-0.2, -0.15) is 0 Å². The number of benzene rings is 2. The average Bonchev–Trinajstić information content (AvgIpc) is 3.28. The van der Waals surface area contributed by atoms with Gasteiger partial charge in [-0.3, -0.25) is 9.59 Å². The van der Waals surface area contributed by atoms with Gasteiger partial charge in [-0.25, -0.2) is 4.98 Å². The van der Waals surface area contributed by atoms with Gasteiger partial charge in [0.2, 0.25) is 6.41 Å². The number of carbonyl (C=O) groups is 2. The third-order valence-corrected chi connectivity index (χ3v) is 6.07. The highest BCUT2D eigenvalue weighted by molar-refractivity contribution is 5.90. The lowest BCUT2D eigenvalue weighted by Crippen LogP contribution is -2.31. The van der Waals surface area contributed by atoms with Gasteiger partial charge in [0, 0.05) is 37.7 Å². The molecule has 0 bridgehead atoms. The second kappa shape index (κ2) is 10.8. The van der Waals surface area contributed by atoms with Gasteiger partial charge >= 0.3 is 5.97 Å². The zero-order valence-corrected chi connectivity index (χ0v) is 20.5. The Kier molecular flexibility index (Phi) is 7.39. The highest BCUT2D eigenvalue weighted by atomic mass is 16.5. The Morgan fingerprint density at radius 1 is 1.11 bits per heavy atom. The molecule has 0 atom stereocenters. The molecule has 9 nitrogen and oxygen atoms in total. The monoisotopic (exact) mass is 486 g/mol. The number of aromatic nitrogens is 1. The predicted molar refractivity (Wildman–Crippen MR) is 143 cm³/mol. The number of pyridine rings is 1. The molecule has 0 saturated carbocycles. The van der Waals surface area contributed by atoms with Gasteiger partial charge in [0.15, 0.2) is 5.82 Å². The van der Waals surface area contributed by atoms with Crippen LogP contribution in [0.25, 0.3) is 0 Å². The van der Waals surface area contributed by atoms with Crippen LogP contribution in [0.5, 0.6) is 0 Å². The molecule has 186 valence electrons. The summed E-state index contributed by atoms with van der Waals surface area (Å²) in [4.78, 5) is 35.7. The summed E-state index contributed by atoms with van der Waals surface area (Å²) in [5, 5.41) is 0. The Morgan fingerprint density at radius 2 is 1.83 bits per heavy atom. The van der Waals surface area contributed by atoms with Gasteiger partial charge in [-0.1, -0.05) is 18.7 Å². The third-order valence-electron chi connectivity index (χ3n) is 6.07. The van der Waals surface area contributed by atoms with E-state index >= 15 is 0 Å². The van der Waals surface area contributed by atoms with Crippen LogP contribution in [0.1, 0.15) is 6.92 Å². The van der Waals surface area contributed by atoms with Crippen molar-refractivity contribution in [1.82, 2.24) is 4.98 Å². The molecule has 2 N–H and O–H groups in total. The van der Waals surface area contributed by atoms with Crippen molar-refractivity contribution in [1.29, 1.82) is 0 Å². The minimum Gasteiger partial charge on any atom is -0.465 e. The van der Waals surface area contributed by atoms with E-state index in [4.69, 9.17) is 10.5 Å². The molecule has 0 spiro atoms. The molecule has 3 aromatic rings. The molecule has 1 aromatic heterocycles. The first-order valence-electron chi connectivity index (χ1n) is 11.7. The van der Waals surface area contributed by atoms with Crippen molar-refractivity contribution in [2.75, 3.05) is 58.6 Å². The number of hydrogen-bond acceptors (Lipinski definition) is 8. The average molecular weight is 487 g/mol. The predicted octanol–water partition coefficient (Wildman–Crippen LogP) is 3.76. The number of anilines is 6. The van der Waals surface area contributed by atoms with Crippen LogP contribution in [-0.2, 0) is 14.3 Å². The third kappa shape index (κ3) is 4.95.